The average Bonchev–Trinajstić information content (AvgIpc) is 4.07. The van der Waals surface area contributed by atoms with E-state index in [1.54, 1.807) is 18.7 Å². The molecule has 362 valence electrons. The smallest absolute Gasteiger partial charge is 0.309 e. The molecular formula is C56H50N8O8. The van der Waals surface area contributed by atoms with Gasteiger partial charge in [0.25, 0.3) is 0 Å². The molecule has 72 heavy (non-hydrogen) atoms. The van der Waals surface area contributed by atoms with E-state index in [-0.39, 0.29) is 23.5 Å². The standard InChI is InChI=1S/C56H50N8O8/c1-33-47(53(69-37(5)65)61(57-33)43-24-13-9-14-25-43)51(48-34(2)58-62(54(48)70-38(6)66)44-26-15-10-16-27-44)41-22-21-23-42(32-41)52(49-35(3)59-63(55(49)71-39(7)67)45-28-17-11-18-29-45)50-36(4)60-64(56(50)72-40(8)68)46-30-19-12-20-31-46/h9-32,51-52H,1-8H3. The molecule has 0 atom stereocenters. The summed E-state index contributed by atoms with van der Waals surface area (Å²) >= 11 is 0. The lowest BCUT2D eigenvalue weighted by Gasteiger charge is -2.24. The van der Waals surface area contributed by atoms with Gasteiger partial charge < -0.3 is 18.9 Å². The Kier molecular flexibility index (Phi) is 13.3. The summed E-state index contributed by atoms with van der Waals surface area (Å²) in [7, 11) is 0. The lowest BCUT2D eigenvalue weighted by atomic mass is 9.80. The molecule has 16 nitrogen and oxygen atoms in total. The summed E-state index contributed by atoms with van der Waals surface area (Å²) < 4.78 is 31.0. The van der Waals surface area contributed by atoms with Crippen molar-refractivity contribution in [1.82, 2.24) is 39.1 Å². The minimum absolute atomic E-state index is 0.132. The van der Waals surface area contributed by atoms with Gasteiger partial charge in [0.05, 0.1) is 67.8 Å². The number of para-hydroxylation sites is 4. The Bertz CT molecular complexity index is 3050. The monoisotopic (exact) mass is 962 g/mol. The van der Waals surface area contributed by atoms with E-state index in [4.69, 9.17) is 39.3 Å². The van der Waals surface area contributed by atoms with E-state index in [2.05, 4.69) is 0 Å². The van der Waals surface area contributed by atoms with Crippen molar-refractivity contribution in [2.24, 2.45) is 0 Å². The van der Waals surface area contributed by atoms with Crippen LogP contribution in [0.3, 0.4) is 0 Å². The summed E-state index contributed by atoms with van der Waals surface area (Å²) in [6.07, 6.45) is 0. The lowest BCUT2D eigenvalue weighted by molar-refractivity contribution is -0.133. The number of rotatable bonds is 14. The Morgan fingerprint density at radius 1 is 0.347 bits per heavy atom. The zero-order chi connectivity index (χ0) is 50.8. The zero-order valence-electron chi connectivity index (χ0n) is 40.9. The van der Waals surface area contributed by atoms with Crippen molar-refractivity contribution >= 4 is 23.9 Å². The fourth-order valence-corrected chi connectivity index (χ4v) is 9.19. The first-order valence-corrected chi connectivity index (χ1v) is 23.1. The van der Waals surface area contributed by atoms with Crippen LogP contribution in [0.2, 0.25) is 0 Å². The van der Waals surface area contributed by atoms with Crippen LogP contribution >= 0.6 is 0 Å². The number of hydrogen-bond acceptors (Lipinski definition) is 12. The van der Waals surface area contributed by atoms with Crippen LogP contribution in [-0.2, 0) is 19.2 Å². The lowest BCUT2D eigenvalue weighted by Crippen LogP contribution is -2.16. The fourth-order valence-electron chi connectivity index (χ4n) is 9.19. The van der Waals surface area contributed by atoms with Gasteiger partial charge in [-0.2, -0.15) is 20.4 Å². The molecule has 0 saturated carbocycles. The quantitative estimate of drug-likeness (QED) is 0.0945. The molecule has 0 aliphatic carbocycles. The first-order chi connectivity index (χ1) is 34.7. The molecule has 0 bridgehead atoms. The highest BCUT2D eigenvalue weighted by molar-refractivity contribution is 5.74. The number of carbonyl (C=O) groups excluding carboxylic acids is 4. The van der Waals surface area contributed by atoms with Gasteiger partial charge in [-0.25, -0.2) is 18.7 Å². The number of aryl methyl sites for hydroxylation is 4. The highest BCUT2D eigenvalue weighted by Gasteiger charge is 2.39. The first kappa shape index (κ1) is 47.9. The number of nitrogens with zero attached hydrogens (tertiary/aromatic N) is 8. The highest BCUT2D eigenvalue weighted by atomic mass is 16.6. The van der Waals surface area contributed by atoms with Crippen molar-refractivity contribution in [3.63, 3.8) is 0 Å². The van der Waals surface area contributed by atoms with E-state index in [0.29, 0.717) is 78.9 Å². The first-order valence-electron chi connectivity index (χ1n) is 23.1. The molecule has 0 saturated heterocycles. The van der Waals surface area contributed by atoms with E-state index in [9.17, 15) is 19.2 Å². The van der Waals surface area contributed by atoms with Crippen LogP contribution in [0, 0.1) is 27.7 Å². The average molecular weight is 963 g/mol. The zero-order valence-corrected chi connectivity index (χ0v) is 40.9. The van der Waals surface area contributed by atoms with Crippen LogP contribution in [0.15, 0.2) is 146 Å². The van der Waals surface area contributed by atoms with E-state index in [0.717, 1.165) is 0 Å². The summed E-state index contributed by atoms with van der Waals surface area (Å²) in [6, 6.07) is 44.8. The molecule has 0 aliphatic heterocycles. The minimum atomic E-state index is -0.911. The fraction of sp³-hybridized carbons (Fsp3) is 0.179. The van der Waals surface area contributed by atoms with Gasteiger partial charge in [-0.3, -0.25) is 19.2 Å². The van der Waals surface area contributed by atoms with E-state index in [1.807, 2.05) is 173 Å². The molecule has 0 spiro atoms. The third-order valence-electron chi connectivity index (χ3n) is 11.9. The summed E-state index contributed by atoms with van der Waals surface area (Å²) in [4.78, 5) is 52.9. The maximum atomic E-state index is 13.2. The molecule has 4 aromatic heterocycles. The van der Waals surface area contributed by atoms with Crippen molar-refractivity contribution in [3.8, 4) is 46.3 Å². The number of esters is 4. The van der Waals surface area contributed by atoms with Crippen LogP contribution < -0.4 is 18.9 Å². The van der Waals surface area contributed by atoms with Gasteiger partial charge in [0.2, 0.25) is 23.5 Å². The third-order valence-corrected chi connectivity index (χ3v) is 11.9. The molecule has 9 rings (SSSR count). The second kappa shape index (κ2) is 20.0. The molecule has 0 unspecified atom stereocenters. The van der Waals surface area contributed by atoms with E-state index >= 15 is 0 Å². The molecule has 9 aromatic rings. The number of hydrogen-bond donors (Lipinski definition) is 0. The van der Waals surface area contributed by atoms with Crippen molar-refractivity contribution in [2.75, 3.05) is 0 Å². The Labute approximate surface area is 415 Å². The normalized spacial score (nSPS) is 11.2. The summed E-state index contributed by atoms with van der Waals surface area (Å²) in [5.74, 6) is -3.66. The molecule has 5 aromatic carbocycles. The summed E-state index contributed by atoms with van der Waals surface area (Å²) in [5.41, 5.74) is 7.65. The topological polar surface area (TPSA) is 176 Å². The van der Waals surface area contributed by atoms with Gasteiger partial charge in [-0.05, 0) is 87.4 Å². The Balaban J connectivity index is 1.40. The Morgan fingerprint density at radius 2 is 0.569 bits per heavy atom. The van der Waals surface area contributed by atoms with Gasteiger partial charge in [0.15, 0.2) is 0 Å². The van der Waals surface area contributed by atoms with Crippen molar-refractivity contribution < 1.29 is 38.1 Å². The molecule has 0 fully saturated rings. The highest BCUT2D eigenvalue weighted by Crippen LogP contribution is 2.49. The van der Waals surface area contributed by atoms with Crippen molar-refractivity contribution in [1.29, 1.82) is 0 Å². The van der Waals surface area contributed by atoms with Crippen LogP contribution in [0.5, 0.6) is 23.5 Å². The molecule has 0 radical (unpaired) electrons. The van der Waals surface area contributed by atoms with Gasteiger partial charge >= 0.3 is 23.9 Å². The predicted molar refractivity (Wildman–Crippen MR) is 267 cm³/mol. The van der Waals surface area contributed by atoms with Gasteiger partial charge in [0.1, 0.15) is 0 Å². The third kappa shape index (κ3) is 9.32. The summed E-state index contributed by atoms with van der Waals surface area (Å²) in [6.45, 7) is 12.6. The molecule has 16 heteroatoms. The van der Waals surface area contributed by atoms with E-state index in [1.165, 1.54) is 27.7 Å². The van der Waals surface area contributed by atoms with Crippen LogP contribution in [0.25, 0.3) is 22.7 Å². The van der Waals surface area contributed by atoms with Crippen LogP contribution in [-0.4, -0.2) is 63.0 Å². The SMILES string of the molecule is CC(=O)Oc1c(C(c2cccc(C(c3c(C)nn(-c4ccccc4)c3OC(C)=O)c3c(C)nn(-c4ccccc4)c3OC(C)=O)c2)c2c(C)nn(-c3ccccc3)c2OC(C)=O)c(C)nn1-c1ccccc1. The maximum Gasteiger partial charge on any atom is 0.309 e. The number of benzene rings is 5. The van der Waals surface area contributed by atoms with Crippen LogP contribution in [0.4, 0.5) is 0 Å². The number of ether oxygens (including phenoxy) is 4. The predicted octanol–water partition coefficient (Wildman–Crippen LogP) is 9.72. The molecule has 0 amide bonds. The minimum Gasteiger partial charge on any atom is -0.407 e. The second-order valence-corrected chi connectivity index (χ2v) is 17.1. The van der Waals surface area contributed by atoms with Gasteiger partial charge in [0, 0.05) is 39.5 Å². The molecule has 0 aliphatic rings. The van der Waals surface area contributed by atoms with Gasteiger partial charge in [-0.1, -0.05) is 97.1 Å². The number of aromatic nitrogens is 8. The number of carbonyl (C=O) groups is 4. The van der Waals surface area contributed by atoms with Crippen molar-refractivity contribution in [2.45, 2.75) is 67.2 Å². The van der Waals surface area contributed by atoms with E-state index < -0.39 is 35.7 Å². The Morgan fingerprint density at radius 3 is 0.778 bits per heavy atom. The Hall–Kier alpha value is -9.18. The van der Waals surface area contributed by atoms with Crippen molar-refractivity contribution in [3.05, 3.63) is 202 Å². The molecule has 4 heterocycles. The second-order valence-electron chi connectivity index (χ2n) is 17.1. The summed E-state index contributed by atoms with van der Waals surface area (Å²) in [5, 5.41) is 20.0. The molecule has 0 N–H and O–H groups in total. The largest absolute Gasteiger partial charge is 0.407 e. The molecular weight excluding hydrogens is 913 g/mol. The van der Waals surface area contributed by atoms with Crippen LogP contribution in [0.1, 0.15) is 95.7 Å². The van der Waals surface area contributed by atoms with Gasteiger partial charge in [-0.15, -0.1) is 0 Å². The maximum absolute atomic E-state index is 13.2.